The summed E-state index contributed by atoms with van der Waals surface area (Å²) in [4.78, 5) is 6.81. The molecule has 1 aliphatic heterocycles. The molecule has 24 heavy (non-hydrogen) atoms. The molecule has 6 heteroatoms. The molecule has 6 rings (SSSR count). The zero-order valence-electron chi connectivity index (χ0n) is 14.2. The molecule has 0 radical (unpaired) electrons. The molecule has 10 unspecified atom stereocenters. The summed E-state index contributed by atoms with van der Waals surface area (Å²) in [5, 5.41) is 11.6. The van der Waals surface area contributed by atoms with Crippen LogP contribution in [-0.4, -0.2) is 53.9 Å². The predicted molar refractivity (Wildman–Crippen MR) is 101 cm³/mol. The fourth-order valence-corrected chi connectivity index (χ4v) is 8.27. The molecular formula is C18H28IN3O2. The number of nitrogens with two attached hydrogens (primary N) is 1. The van der Waals surface area contributed by atoms with Gasteiger partial charge in [0.05, 0.1) is 24.9 Å². The van der Waals surface area contributed by atoms with Crippen LogP contribution in [0.4, 0.5) is 0 Å². The Balaban J connectivity index is 0.00000131. The Morgan fingerprint density at radius 1 is 1.21 bits per heavy atom. The molecule has 0 aromatic carbocycles. The van der Waals surface area contributed by atoms with Crippen molar-refractivity contribution in [3.05, 3.63) is 0 Å². The van der Waals surface area contributed by atoms with Gasteiger partial charge in [0, 0.05) is 13.1 Å². The first-order valence-electron chi connectivity index (χ1n) is 9.48. The van der Waals surface area contributed by atoms with E-state index in [-0.39, 0.29) is 30.1 Å². The molecule has 6 fully saturated rings. The van der Waals surface area contributed by atoms with E-state index < -0.39 is 5.60 Å². The molecule has 0 aromatic rings. The molecule has 1 saturated heterocycles. The number of aliphatic hydroxyl groups is 1. The van der Waals surface area contributed by atoms with Crippen LogP contribution in [0.15, 0.2) is 4.99 Å². The van der Waals surface area contributed by atoms with E-state index in [1.54, 1.807) is 0 Å². The summed E-state index contributed by atoms with van der Waals surface area (Å²) in [7, 11) is 0. The van der Waals surface area contributed by atoms with E-state index in [1.165, 1.54) is 12.8 Å². The van der Waals surface area contributed by atoms with Crippen molar-refractivity contribution in [3.8, 4) is 0 Å². The van der Waals surface area contributed by atoms with Gasteiger partial charge in [-0.25, -0.2) is 0 Å². The first-order valence-corrected chi connectivity index (χ1v) is 9.48. The third kappa shape index (κ3) is 1.66. The van der Waals surface area contributed by atoms with Crippen LogP contribution in [0.1, 0.15) is 19.8 Å². The van der Waals surface area contributed by atoms with Crippen molar-refractivity contribution in [2.75, 3.05) is 26.2 Å². The quantitative estimate of drug-likeness (QED) is 0.380. The molecule has 6 aliphatic rings. The van der Waals surface area contributed by atoms with Gasteiger partial charge in [-0.1, -0.05) is 0 Å². The van der Waals surface area contributed by atoms with Crippen LogP contribution in [0.2, 0.25) is 0 Å². The monoisotopic (exact) mass is 445 g/mol. The van der Waals surface area contributed by atoms with Crippen LogP contribution >= 0.6 is 24.0 Å². The van der Waals surface area contributed by atoms with Gasteiger partial charge in [-0.15, -0.1) is 24.0 Å². The maximum absolute atomic E-state index is 11.6. The number of hydrogen-bond acceptors (Lipinski definition) is 3. The number of halogens is 1. The summed E-state index contributed by atoms with van der Waals surface area (Å²) >= 11 is 0. The average Bonchev–Trinajstić information content (AvgIpc) is 3.03. The van der Waals surface area contributed by atoms with E-state index in [0.717, 1.165) is 48.6 Å². The zero-order chi connectivity index (χ0) is 15.5. The second kappa shape index (κ2) is 5.00. The SMILES string of the molecule is CC1CN(C(N)=NCC2(O)C3C4CC5C6C4CC3C6C52)CCO1.I. The van der Waals surface area contributed by atoms with Gasteiger partial charge in [0.1, 0.15) is 0 Å². The number of hydrogen-bond donors (Lipinski definition) is 2. The van der Waals surface area contributed by atoms with Crippen molar-refractivity contribution in [1.82, 2.24) is 4.90 Å². The summed E-state index contributed by atoms with van der Waals surface area (Å²) in [6, 6.07) is 0. The first kappa shape index (κ1) is 16.1. The maximum Gasteiger partial charge on any atom is 0.191 e. The molecule has 0 amide bonds. The van der Waals surface area contributed by atoms with Crippen LogP contribution in [0.3, 0.4) is 0 Å². The number of morpholine rings is 1. The Bertz CT molecular complexity index is 595. The Labute approximate surface area is 160 Å². The Morgan fingerprint density at radius 2 is 1.96 bits per heavy atom. The Hall–Kier alpha value is -0.0800. The highest BCUT2D eigenvalue weighted by atomic mass is 127. The normalized spacial score (nSPS) is 59.0. The standard InChI is InChI=1S/C18H27N3O2.HI/c1-8-6-21(2-3-23-8)17(19)20-7-18(22)15-10-5-11-13-9(10)4-12(15)14(13)16(11)18;/h8-16,22H,2-7H2,1H3,(H2,19,20);1H. The lowest BCUT2D eigenvalue weighted by atomic mass is 9.56. The molecule has 0 spiro atoms. The van der Waals surface area contributed by atoms with Gasteiger partial charge < -0.3 is 20.5 Å². The molecule has 1 heterocycles. The van der Waals surface area contributed by atoms with Crippen molar-refractivity contribution in [2.45, 2.75) is 31.5 Å². The van der Waals surface area contributed by atoms with Gasteiger partial charge in [0.25, 0.3) is 0 Å². The van der Waals surface area contributed by atoms with Gasteiger partial charge >= 0.3 is 0 Å². The van der Waals surface area contributed by atoms with Crippen LogP contribution in [0, 0.1) is 47.3 Å². The van der Waals surface area contributed by atoms with E-state index in [4.69, 9.17) is 15.5 Å². The Morgan fingerprint density at radius 3 is 2.75 bits per heavy atom. The summed E-state index contributed by atoms with van der Waals surface area (Å²) in [5.41, 5.74) is 5.69. The highest BCUT2D eigenvalue weighted by Crippen LogP contribution is 2.85. The van der Waals surface area contributed by atoms with Crippen molar-refractivity contribution in [3.63, 3.8) is 0 Å². The third-order valence-corrected chi connectivity index (χ3v) is 8.58. The van der Waals surface area contributed by atoms with Gasteiger partial charge in [-0.05, 0) is 67.1 Å². The van der Waals surface area contributed by atoms with Crippen molar-refractivity contribution >= 4 is 29.9 Å². The van der Waals surface area contributed by atoms with E-state index in [1.807, 2.05) is 0 Å². The summed E-state index contributed by atoms with van der Waals surface area (Å²) < 4.78 is 5.57. The lowest BCUT2D eigenvalue weighted by molar-refractivity contribution is -0.123. The van der Waals surface area contributed by atoms with Crippen molar-refractivity contribution < 1.29 is 9.84 Å². The topological polar surface area (TPSA) is 71.1 Å². The summed E-state index contributed by atoms with van der Waals surface area (Å²) in [6.45, 7) is 4.93. The molecule has 5 aliphatic carbocycles. The molecule has 10 atom stereocenters. The smallest absolute Gasteiger partial charge is 0.191 e. The summed E-state index contributed by atoms with van der Waals surface area (Å²) in [5.74, 6) is 6.84. The number of nitrogens with zero attached hydrogens (tertiary/aromatic N) is 2. The number of ether oxygens (including phenoxy) is 1. The largest absolute Gasteiger partial charge is 0.387 e. The van der Waals surface area contributed by atoms with Gasteiger partial charge in [-0.3, -0.25) is 4.99 Å². The second-order valence-electron chi connectivity index (χ2n) is 9.13. The molecule has 5 nitrogen and oxygen atoms in total. The van der Waals surface area contributed by atoms with Crippen molar-refractivity contribution in [2.24, 2.45) is 58.1 Å². The second-order valence-corrected chi connectivity index (χ2v) is 9.13. The number of aliphatic imine (C=N–C) groups is 1. The molecule has 134 valence electrons. The highest BCUT2D eigenvalue weighted by Gasteiger charge is 2.84. The van der Waals surface area contributed by atoms with E-state index in [2.05, 4.69) is 11.8 Å². The van der Waals surface area contributed by atoms with Crippen molar-refractivity contribution in [1.29, 1.82) is 0 Å². The molecule has 0 aromatic heterocycles. The van der Waals surface area contributed by atoms with Gasteiger partial charge in [0.15, 0.2) is 5.96 Å². The lowest BCUT2D eigenvalue weighted by Crippen LogP contribution is -2.56. The predicted octanol–water partition coefficient (Wildman–Crippen LogP) is 1.15. The van der Waals surface area contributed by atoms with E-state index in [0.29, 0.717) is 30.9 Å². The number of guanidine groups is 1. The minimum atomic E-state index is -0.548. The number of rotatable bonds is 2. The van der Waals surface area contributed by atoms with Crippen LogP contribution in [-0.2, 0) is 4.74 Å². The fraction of sp³-hybridized carbons (Fsp3) is 0.944. The molecular weight excluding hydrogens is 417 g/mol. The zero-order valence-corrected chi connectivity index (χ0v) is 16.5. The minimum absolute atomic E-state index is 0. The molecule has 3 N–H and O–H groups in total. The fourth-order valence-electron chi connectivity index (χ4n) is 8.27. The highest BCUT2D eigenvalue weighted by molar-refractivity contribution is 14.0. The van der Waals surface area contributed by atoms with Crippen LogP contribution < -0.4 is 5.73 Å². The average molecular weight is 445 g/mol. The lowest BCUT2D eigenvalue weighted by Gasteiger charge is -2.51. The molecule has 2 bridgehead atoms. The van der Waals surface area contributed by atoms with Gasteiger partial charge in [0.2, 0.25) is 0 Å². The minimum Gasteiger partial charge on any atom is -0.387 e. The maximum atomic E-state index is 11.6. The van der Waals surface area contributed by atoms with Crippen LogP contribution in [0.25, 0.3) is 0 Å². The van der Waals surface area contributed by atoms with Gasteiger partial charge in [-0.2, -0.15) is 0 Å². The molecule has 5 saturated carbocycles. The first-order chi connectivity index (χ1) is 11.1. The summed E-state index contributed by atoms with van der Waals surface area (Å²) in [6.07, 6.45) is 3.01. The van der Waals surface area contributed by atoms with E-state index in [9.17, 15) is 5.11 Å². The third-order valence-electron chi connectivity index (χ3n) is 8.58. The van der Waals surface area contributed by atoms with Crippen LogP contribution in [0.5, 0.6) is 0 Å². The number of fused-ring (bicyclic) bond motifs is 2. The Kier molecular flexibility index (Phi) is 3.36. The van der Waals surface area contributed by atoms with E-state index >= 15 is 0 Å².